The van der Waals surface area contributed by atoms with Gasteiger partial charge in [-0.3, -0.25) is 0 Å². The highest BCUT2D eigenvalue weighted by Crippen LogP contribution is 2.61. The van der Waals surface area contributed by atoms with Crippen LogP contribution in [-0.2, 0) is 6.42 Å². The van der Waals surface area contributed by atoms with Crippen LogP contribution in [0.3, 0.4) is 0 Å². The predicted molar refractivity (Wildman–Crippen MR) is 128 cm³/mol. The molecule has 30 heavy (non-hydrogen) atoms. The fourth-order valence-corrected chi connectivity index (χ4v) is 5.72. The zero-order valence-electron chi connectivity index (χ0n) is 16.9. The molecule has 172 valence electrons. The van der Waals surface area contributed by atoms with Gasteiger partial charge in [0.2, 0.25) is 0 Å². The number of methoxy groups -OCH3 is 1. The molecule has 3 aliphatic carbocycles. The van der Waals surface area contributed by atoms with E-state index >= 15 is 0 Å². The summed E-state index contributed by atoms with van der Waals surface area (Å²) in [6, 6.07) is 3.97. The molecule has 3 aliphatic rings. The number of rotatable bonds is 1. The second kappa shape index (κ2) is 11.6. The quantitative estimate of drug-likeness (QED) is 0.361. The maximum atomic E-state index is 10.4. The minimum Gasteiger partial charge on any atom is -0.504 e. The molecule has 0 amide bonds. The summed E-state index contributed by atoms with van der Waals surface area (Å²) in [5, 5.41) is 20.5. The zero-order valence-corrected chi connectivity index (χ0v) is 21.5. The van der Waals surface area contributed by atoms with Crippen molar-refractivity contribution < 1.29 is 14.9 Å². The first kappa shape index (κ1) is 26.8. The van der Waals surface area contributed by atoms with E-state index in [9.17, 15) is 10.2 Å². The Labute approximate surface area is 208 Å². The van der Waals surface area contributed by atoms with Gasteiger partial charge in [-0.15, -0.1) is 0 Å². The second-order valence-corrected chi connectivity index (χ2v) is 12.2. The fourth-order valence-electron chi connectivity index (χ4n) is 5.72. The normalized spacial score (nSPS) is 31.6. The average molecular weight is 541 g/mol. The summed E-state index contributed by atoms with van der Waals surface area (Å²) in [5.74, 6) is 2.75. The van der Waals surface area contributed by atoms with Gasteiger partial charge in [0.15, 0.2) is 20.1 Å². The zero-order chi connectivity index (χ0) is 22.6. The average Bonchev–Trinajstić information content (AvgIpc) is 2.95. The third-order valence-corrected chi connectivity index (χ3v) is 6.97. The number of aliphatic hydroxyl groups is 1. The number of hydrogen-bond acceptors (Lipinski definition) is 3. The van der Waals surface area contributed by atoms with Gasteiger partial charge in [-0.25, -0.2) is 0 Å². The molecular weight excluding hydrogens is 513 g/mol. The van der Waals surface area contributed by atoms with Crippen molar-refractivity contribution in [3.63, 3.8) is 0 Å². The van der Waals surface area contributed by atoms with Crippen LogP contribution < -0.4 is 4.74 Å². The van der Waals surface area contributed by atoms with Crippen molar-refractivity contribution in [2.75, 3.05) is 7.11 Å². The number of aryl methyl sites for hydroxylation is 1. The van der Waals surface area contributed by atoms with E-state index in [0.717, 1.165) is 25.7 Å². The Balaban J connectivity index is 0.000000347. The lowest BCUT2D eigenvalue weighted by atomic mass is 9.55. The van der Waals surface area contributed by atoms with Gasteiger partial charge in [-0.05, 0) is 85.0 Å². The van der Waals surface area contributed by atoms with Crippen molar-refractivity contribution >= 4 is 69.6 Å². The van der Waals surface area contributed by atoms with Crippen LogP contribution >= 0.6 is 69.6 Å². The summed E-state index contributed by atoms with van der Waals surface area (Å²) >= 11 is 28.8. The molecule has 1 aromatic rings. The molecule has 0 heterocycles. The molecule has 2 N–H and O–H groups in total. The molecule has 0 aromatic heterocycles. The Morgan fingerprint density at radius 3 is 2.17 bits per heavy atom. The van der Waals surface area contributed by atoms with Crippen LogP contribution in [0.4, 0.5) is 0 Å². The van der Waals surface area contributed by atoms with Gasteiger partial charge in [-0.1, -0.05) is 76.5 Å². The maximum absolute atomic E-state index is 10.4. The van der Waals surface area contributed by atoms with Crippen molar-refractivity contribution in [1.82, 2.24) is 0 Å². The maximum Gasteiger partial charge on any atom is 0.180 e. The fraction of sp³-hybridized carbons (Fsp3) is 0.714. The van der Waals surface area contributed by atoms with Crippen LogP contribution in [0.25, 0.3) is 0 Å². The molecule has 0 radical (unpaired) electrons. The molecule has 1 aromatic carbocycles. The third kappa shape index (κ3) is 6.31. The van der Waals surface area contributed by atoms with Crippen LogP contribution in [0.2, 0.25) is 0 Å². The Kier molecular flexibility index (Phi) is 10.3. The van der Waals surface area contributed by atoms with Gasteiger partial charge in [0.25, 0.3) is 0 Å². The highest BCUT2D eigenvalue weighted by Gasteiger charge is 2.54. The smallest absolute Gasteiger partial charge is 0.180 e. The Hall–Kier alpha value is 0.520. The number of halogens is 6. The molecule has 2 saturated carbocycles. The molecule has 4 rings (SSSR count). The number of phenolic OH excluding ortho intramolecular Hbond substituents is 1. The molecule has 5 atom stereocenters. The Morgan fingerprint density at radius 1 is 1.00 bits per heavy atom. The first-order valence-corrected chi connectivity index (χ1v) is 12.5. The number of fused-ring (bicyclic) bond motifs is 5. The lowest BCUT2D eigenvalue weighted by molar-refractivity contribution is -0.0226. The van der Waals surface area contributed by atoms with E-state index < -0.39 is 8.59 Å². The van der Waals surface area contributed by atoms with Gasteiger partial charge in [0, 0.05) is 0 Å². The number of aliphatic hydroxyl groups excluding tert-OH is 1. The number of aromatic hydroxyl groups is 1. The van der Waals surface area contributed by atoms with Crippen molar-refractivity contribution in [2.45, 2.75) is 66.1 Å². The molecule has 3 nitrogen and oxygen atoms in total. The van der Waals surface area contributed by atoms with Gasteiger partial charge >= 0.3 is 0 Å². The number of ether oxygens (including phenoxy) is 1. The van der Waals surface area contributed by atoms with Gasteiger partial charge in [0.1, 0.15) is 0 Å². The highest BCUT2D eigenvalue weighted by atomic mass is 35.6. The number of hydrogen-bond donors (Lipinski definition) is 2. The second-order valence-electron chi connectivity index (χ2n) is 8.27. The molecule has 0 bridgehead atoms. The molecule has 2 fully saturated rings. The molecule has 9 heteroatoms. The molecular formula is C21H28Cl6O3. The van der Waals surface area contributed by atoms with Crippen LogP contribution in [-0.4, -0.2) is 32.0 Å². The van der Waals surface area contributed by atoms with Crippen LogP contribution in [0.15, 0.2) is 12.1 Å². The van der Waals surface area contributed by atoms with Crippen LogP contribution in [0.5, 0.6) is 11.5 Å². The number of alkyl halides is 6. The van der Waals surface area contributed by atoms with E-state index in [1.165, 1.54) is 24.0 Å². The van der Waals surface area contributed by atoms with E-state index in [2.05, 4.69) is 13.0 Å². The lowest BCUT2D eigenvalue weighted by Crippen LogP contribution is -2.43. The third-order valence-electron chi connectivity index (χ3n) is 6.97. The largest absolute Gasteiger partial charge is 0.504 e. The van der Waals surface area contributed by atoms with Crippen molar-refractivity contribution in [2.24, 2.45) is 17.3 Å². The van der Waals surface area contributed by atoms with E-state index in [1.54, 1.807) is 7.11 Å². The van der Waals surface area contributed by atoms with Gasteiger partial charge in [0.05, 0.1) is 13.2 Å². The lowest BCUT2D eigenvalue weighted by Gasteiger charge is -2.50. The summed E-state index contributed by atoms with van der Waals surface area (Å²) in [6.07, 6.45) is 6.51. The highest BCUT2D eigenvalue weighted by molar-refractivity contribution is 6.63. The summed E-state index contributed by atoms with van der Waals surface area (Å²) in [5.41, 5.74) is 2.80. The monoisotopic (exact) mass is 538 g/mol. The number of phenols is 1. The van der Waals surface area contributed by atoms with Crippen molar-refractivity contribution in [3.8, 4) is 11.5 Å². The molecule has 0 aliphatic heterocycles. The van der Waals surface area contributed by atoms with Crippen LogP contribution in [0, 0.1) is 17.3 Å². The van der Waals surface area contributed by atoms with Crippen LogP contribution in [0.1, 0.15) is 56.1 Å². The minimum absolute atomic E-state index is 0.116. The summed E-state index contributed by atoms with van der Waals surface area (Å²) in [7, 11) is 1.62. The van der Waals surface area contributed by atoms with Crippen molar-refractivity contribution in [3.05, 3.63) is 23.3 Å². The van der Waals surface area contributed by atoms with Gasteiger partial charge in [-0.2, -0.15) is 0 Å². The number of benzene rings is 1. The first-order valence-electron chi connectivity index (χ1n) is 9.93. The molecule has 0 unspecified atom stereocenters. The topological polar surface area (TPSA) is 49.7 Å². The van der Waals surface area contributed by atoms with E-state index in [4.69, 9.17) is 74.3 Å². The molecule has 0 saturated heterocycles. The SMILES string of the molecule is COc1cc2c(cc1O)CC[C@@H]1[C@@H]2CC[C@]2(C)[C@@H](O)CC[C@@H]12.ClC(Cl)Cl.ClC(Cl)Cl. The Morgan fingerprint density at radius 2 is 1.60 bits per heavy atom. The van der Waals surface area contributed by atoms with E-state index in [1.807, 2.05) is 6.07 Å². The van der Waals surface area contributed by atoms with E-state index in [-0.39, 0.29) is 17.3 Å². The summed E-state index contributed by atoms with van der Waals surface area (Å²) in [4.78, 5) is 0. The van der Waals surface area contributed by atoms with Crippen molar-refractivity contribution in [1.29, 1.82) is 0 Å². The molecule has 0 spiro atoms. The summed E-state index contributed by atoms with van der Waals surface area (Å²) < 4.78 is 3.82. The minimum atomic E-state index is -0.750. The van der Waals surface area contributed by atoms with E-state index in [0.29, 0.717) is 23.5 Å². The standard InChI is InChI=1S/C19H26O3.2CHCl3/c1-19-8-7-12-13(15(19)5-6-18(19)21)4-3-11-9-16(20)17(22-2)10-14(11)12;2*2-1(3)4/h9-10,12-13,15,18,20-21H,3-8H2,1-2H3;2*1H/t12-,13+,15-,18-,19-;;/m0../s1. The Bertz CT molecular complexity index is 690. The summed E-state index contributed by atoms with van der Waals surface area (Å²) in [6.45, 7) is 2.30. The first-order chi connectivity index (χ1) is 14.0. The van der Waals surface area contributed by atoms with Gasteiger partial charge < -0.3 is 14.9 Å². The predicted octanol–water partition coefficient (Wildman–Crippen LogP) is 7.59.